The predicted octanol–water partition coefficient (Wildman–Crippen LogP) is 3.20. The first-order valence-corrected chi connectivity index (χ1v) is 11.5. The minimum atomic E-state index is -0.319. The predicted molar refractivity (Wildman–Crippen MR) is 123 cm³/mol. The van der Waals surface area contributed by atoms with Gasteiger partial charge in [-0.2, -0.15) is 0 Å². The van der Waals surface area contributed by atoms with Crippen LogP contribution in [0.25, 0.3) is 0 Å². The Labute approximate surface area is 194 Å². The monoisotopic (exact) mass is 450 g/mol. The van der Waals surface area contributed by atoms with Crippen LogP contribution < -0.4 is 4.74 Å². The minimum Gasteiger partial charge on any atom is -0.496 e. The highest BCUT2D eigenvalue weighted by Gasteiger charge is 2.38. The fourth-order valence-corrected chi connectivity index (χ4v) is 4.88. The molecule has 0 bridgehead atoms. The molecule has 4 rings (SSSR count). The molecular weight excluding hydrogens is 420 g/mol. The first-order valence-electron chi connectivity index (χ1n) is 11.5. The lowest BCUT2D eigenvalue weighted by Gasteiger charge is -2.38. The molecule has 1 aliphatic heterocycles. The van der Waals surface area contributed by atoms with Gasteiger partial charge in [0.15, 0.2) is 0 Å². The molecule has 7 nitrogen and oxygen atoms in total. The molecule has 0 N–H and O–H groups in total. The standard InChI is InChI=1S/C26H30N2O5/c1-3-33-26(31)21-13-12-20(18-8-4-5-9-19(18)21)24(29)27-14-16-28(17-15-27)25(30)22-10-6-7-11-23(22)32-2/h4-11,20-21H,3,12-17H2,1-2H3/t20-,21+/m0/s1. The summed E-state index contributed by atoms with van der Waals surface area (Å²) in [4.78, 5) is 42.5. The van der Waals surface area contributed by atoms with Gasteiger partial charge in [-0.15, -0.1) is 0 Å². The van der Waals surface area contributed by atoms with Crippen LogP contribution in [-0.4, -0.2) is 67.5 Å². The van der Waals surface area contributed by atoms with Gasteiger partial charge in [-0.3, -0.25) is 14.4 Å². The summed E-state index contributed by atoms with van der Waals surface area (Å²) in [6.07, 6.45) is 1.21. The number of piperazine rings is 1. The third-order valence-corrected chi connectivity index (χ3v) is 6.58. The number of para-hydroxylation sites is 1. The van der Waals surface area contributed by atoms with Gasteiger partial charge in [0.25, 0.3) is 5.91 Å². The van der Waals surface area contributed by atoms with Crippen LogP contribution >= 0.6 is 0 Å². The van der Waals surface area contributed by atoms with Crippen LogP contribution in [0.5, 0.6) is 5.75 Å². The smallest absolute Gasteiger partial charge is 0.313 e. The number of benzene rings is 2. The highest BCUT2D eigenvalue weighted by atomic mass is 16.5. The Kier molecular flexibility index (Phi) is 6.96. The van der Waals surface area contributed by atoms with Crippen molar-refractivity contribution in [2.24, 2.45) is 0 Å². The van der Waals surface area contributed by atoms with Gasteiger partial charge in [0.2, 0.25) is 5.91 Å². The summed E-state index contributed by atoms with van der Waals surface area (Å²) in [6, 6.07) is 14.9. The van der Waals surface area contributed by atoms with Crippen LogP contribution in [0.3, 0.4) is 0 Å². The molecule has 2 aromatic carbocycles. The van der Waals surface area contributed by atoms with E-state index >= 15 is 0 Å². The van der Waals surface area contributed by atoms with E-state index < -0.39 is 0 Å². The van der Waals surface area contributed by atoms with E-state index in [1.807, 2.05) is 41.3 Å². The Balaban J connectivity index is 1.44. The van der Waals surface area contributed by atoms with Gasteiger partial charge in [-0.1, -0.05) is 36.4 Å². The number of methoxy groups -OCH3 is 1. The van der Waals surface area contributed by atoms with Crippen LogP contribution in [0.2, 0.25) is 0 Å². The molecule has 7 heteroatoms. The van der Waals surface area contributed by atoms with Crippen LogP contribution in [0.15, 0.2) is 48.5 Å². The Morgan fingerprint density at radius 3 is 2.09 bits per heavy atom. The van der Waals surface area contributed by atoms with E-state index in [4.69, 9.17) is 9.47 Å². The second kappa shape index (κ2) is 10.1. The molecular formula is C26H30N2O5. The summed E-state index contributed by atoms with van der Waals surface area (Å²) >= 11 is 0. The maximum absolute atomic E-state index is 13.5. The van der Waals surface area contributed by atoms with E-state index in [9.17, 15) is 14.4 Å². The van der Waals surface area contributed by atoms with Crippen molar-refractivity contribution in [2.75, 3.05) is 39.9 Å². The molecule has 1 fully saturated rings. The van der Waals surface area contributed by atoms with E-state index in [0.29, 0.717) is 56.9 Å². The summed E-state index contributed by atoms with van der Waals surface area (Å²) in [5.74, 6) is -0.284. The zero-order chi connectivity index (χ0) is 23.4. The van der Waals surface area contributed by atoms with Crippen LogP contribution in [0.1, 0.15) is 53.1 Å². The maximum Gasteiger partial charge on any atom is 0.313 e. The minimum absolute atomic E-state index is 0.0640. The van der Waals surface area contributed by atoms with Gasteiger partial charge in [0, 0.05) is 26.2 Å². The summed E-state index contributed by atoms with van der Waals surface area (Å²) in [7, 11) is 1.55. The van der Waals surface area contributed by atoms with Crippen molar-refractivity contribution in [1.82, 2.24) is 9.80 Å². The molecule has 0 radical (unpaired) electrons. The molecule has 2 aliphatic rings. The first-order chi connectivity index (χ1) is 16.0. The van der Waals surface area contributed by atoms with Crippen molar-refractivity contribution in [1.29, 1.82) is 0 Å². The number of hydrogen-bond donors (Lipinski definition) is 0. The van der Waals surface area contributed by atoms with Crippen LogP contribution in [0, 0.1) is 0 Å². The summed E-state index contributed by atoms with van der Waals surface area (Å²) in [5.41, 5.74) is 2.34. The second-order valence-electron chi connectivity index (χ2n) is 8.38. The Morgan fingerprint density at radius 2 is 1.42 bits per heavy atom. The zero-order valence-corrected chi connectivity index (χ0v) is 19.2. The first kappa shape index (κ1) is 22.8. The molecule has 2 atom stereocenters. The lowest BCUT2D eigenvalue weighted by atomic mass is 9.76. The highest BCUT2D eigenvalue weighted by Crippen LogP contribution is 2.40. The molecule has 1 aliphatic carbocycles. The topological polar surface area (TPSA) is 76.2 Å². The molecule has 1 heterocycles. The fourth-order valence-electron chi connectivity index (χ4n) is 4.88. The Bertz CT molecular complexity index is 1030. The molecule has 1 saturated heterocycles. The van der Waals surface area contributed by atoms with Crippen molar-refractivity contribution in [2.45, 2.75) is 31.6 Å². The lowest BCUT2D eigenvalue weighted by molar-refractivity contribution is -0.146. The third-order valence-electron chi connectivity index (χ3n) is 6.58. The van der Waals surface area contributed by atoms with Gasteiger partial charge < -0.3 is 19.3 Å². The summed E-state index contributed by atoms with van der Waals surface area (Å²) in [6.45, 7) is 4.07. The molecule has 33 heavy (non-hydrogen) atoms. The number of amides is 2. The van der Waals surface area contributed by atoms with E-state index in [0.717, 1.165) is 11.1 Å². The lowest BCUT2D eigenvalue weighted by Crippen LogP contribution is -2.52. The van der Waals surface area contributed by atoms with E-state index in [1.165, 1.54) is 0 Å². The van der Waals surface area contributed by atoms with Crippen molar-refractivity contribution >= 4 is 17.8 Å². The second-order valence-corrected chi connectivity index (χ2v) is 8.38. The van der Waals surface area contributed by atoms with Gasteiger partial charge in [0.1, 0.15) is 5.75 Å². The fraction of sp³-hybridized carbons (Fsp3) is 0.423. The molecule has 0 spiro atoms. The van der Waals surface area contributed by atoms with E-state index in [2.05, 4.69) is 0 Å². The van der Waals surface area contributed by atoms with Gasteiger partial charge in [0.05, 0.1) is 31.1 Å². The van der Waals surface area contributed by atoms with E-state index in [-0.39, 0.29) is 29.6 Å². The molecule has 0 aromatic heterocycles. The average molecular weight is 451 g/mol. The van der Waals surface area contributed by atoms with Crippen molar-refractivity contribution in [3.63, 3.8) is 0 Å². The maximum atomic E-state index is 13.5. The number of nitrogens with zero attached hydrogens (tertiary/aromatic N) is 2. The number of hydrogen-bond acceptors (Lipinski definition) is 5. The summed E-state index contributed by atoms with van der Waals surface area (Å²) < 4.78 is 10.6. The number of esters is 1. The number of fused-ring (bicyclic) bond motifs is 1. The number of carbonyl (C=O) groups excluding carboxylic acids is 3. The van der Waals surface area contributed by atoms with Gasteiger partial charge >= 0.3 is 5.97 Å². The van der Waals surface area contributed by atoms with Crippen molar-refractivity contribution in [3.05, 3.63) is 65.2 Å². The van der Waals surface area contributed by atoms with Crippen molar-refractivity contribution in [3.8, 4) is 5.75 Å². The summed E-state index contributed by atoms with van der Waals surface area (Å²) in [5, 5.41) is 0. The molecule has 2 aromatic rings. The van der Waals surface area contributed by atoms with Crippen molar-refractivity contribution < 1.29 is 23.9 Å². The SMILES string of the molecule is CCOC(=O)[C@@H]1CC[C@H](C(=O)N2CCN(C(=O)c3ccccc3OC)CC2)c2ccccc21. The average Bonchev–Trinajstić information content (AvgIpc) is 2.87. The largest absolute Gasteiger partial charge is 0.496 e. The Morgan fingerprint density at radius 1 is 0.848 bits per heavy atom. The number of rotatable bonds is 5. The number of ether oxygens (including phenoxy) is 2. The molecule has 2 amide bonds. The van der Waals surface area contributed by atoms with Crippen LogP contribution in [-0.2, 0) is 14.3 Å². The zero-order valence-electron chi connectivity index (χ0n) is 19.2. The Hall–Kier alpha value is -3.35. The molecule has 0 saturated carbocycles. The van der Waals surface area contributed by atoms with Crippen LogP contribution in [0.4, 0.5) is 0 Å². The van der Waals surface area contributed by atoms with Gasteiger partial charge in [-0.05, 0) is 43.0 Å². The third kappa shape index (κ3) is 4.58. The normalized spacial score (nSPS) is 20.1. The molecule has 0 unspecified atom stereocenters. The van der Waals surface area contributed by atoms with E-state index in [1.54, 1.807) is 31.1 Å². The number of carbonyl (C=O) groups is 3. The quantitative estimate of drug-likeness (QED) is 0.654. The van der Waals surface area contributed by atoms with Gasteiger partial charge in [-0.25, -0.2) is 0 Å². The molecule has 174 valence electrons. The highest BCUT2D eigenvalue weighted by molar-refractivity contribution is 5.97.